The van der Waals surface area contributed by atoms with Gasteiger partial charge in [-0.15, -0.1) is 0 Å². The zero-order chi connectivity index (χ0) is 11.9. The molecular formula is C14H21NO2. The van der Waals surface area contributed by atoms with E-state index in [1.807, 2.05) is 0 Å². The van der Waals surface area contributed by atoms with E-state index in [2.05, 4.69) is 17.5 Å². The van der Waals surface area contributed by atoms with Crippen molar-refractivity contribution in [1.29, 1.82) is 0 Å². The van der Waals surface area contributed by atoms with Crippen LogP contribution in [0, 0.1) is 17.8 Å². The number of nitrogens with one attached hydrogen (secondary N) is 1. The van der Waals surface area contributed by atoms with Crippen LogP contribution in [0.15, 0.2) is 12.2 Å². The number of amides is 1. The molecule has 3 atom stereocenters. The third kappa shape index (κ3) is 1.90. The lowest BCUT2D eigenvalue weighted by Crippen LogP contribution is -2.51. The lowest BCUT2D eigenvalue weighted by Gasteiger charge is -2.30. The van der Waals surface area contributed by atoms with Crippen LogP contribution in [0.2, 0.25) is 0 Å². The quantitative estimate of drug-likeness (QED) is 0.730. The molecule has 3 unspecified atom stereocenters. The summed E-state index contributed by atoms with van der Waals surface area (Å²) >= 11 is 0. The molecule has 3 aliphatic carbocycles. The first-order valence-corrected chi connectivity index (χ1v) is 6.84. The second kappa shape index (κ2) is 4.13. The Labute approximate surface area is 102 Å². The maximum absolute atomic E-state index is 12.3. The molecule has 0 aromatic carbocycles. The highest BCUT2D eigenvalue weighted by molar-refractivity contribution is 5.80. The summed E-state index contributed by atoms with van der Waals surface area (Å²) in [5, 5.41) is 12.7. The van der Waals surface area contributed by atoms with Gasteiger partial charge in [-0.1, -0.05) is 25.0 Å². The molecule has 0 aromatic rings. The normalized spacial score (nSPS) is 37.6. The van der Waals surface area contributed by atoms with Crippen LogP contribution in [0.3, 0.4) is 0 Å². The monoisotopic (exact) mass is 235 g/mol. The van der Waals surface area contributed by atoms with Crippen molar-refractivity contribution in [1.82, 2.24) is 5.32 Å². The Morgan fingerprint density at radius 3 is 2.59 bits per heavy atom. The van der Waals surface area contributed by atoms with Crippen LogP contribution in [0.1, 0.15) is 38.5 Å². The third-order valence-corrected chi connectivity index (χ3v) is 4.87. The van der Waals surface area contributed by atoms with Gasteiger partial charge in [0.05, 0.1) is 12.1 Å². The fourth-order valence-electron chi connectivity index (χ4n) is 3.81. The van der Waals surface area contributed by atoms with Crippen LogP contribution in [-0.2, 0) is 4.79 Å². The van der Waals surface area contributed by atoms with Crippen LogP contribution in [0.4, 0.5) is 0 Å². The molecule has 3 heteroatoms. The SMILES string of the molecule is O=C(NC1(CO)CCCC1)C1CC2C=CC1C2. The summed E-state index contributed by atoms with van der Waals surface area (Å²) in [5.74, 6) is 1.42. The van der Waals surface area contributed by atoms with E-state index in [0.717, 1.165) is 38.5 Å². The third-order valence-electron chi connectivity index (χ3n) is 4.87. The van der Waals surface area contributed by atoms with Gasteiger partial charge in [0.15, 0.2) is 0 Å². The molecule has 3 nitrogen and oxygen atoms in total. The Morgan fingerprint density at radius 1 is 1.29 bits per heavy atom. The Kier molecular flexibility index (Phi) is 2.74. The smallest absolute Gasteiger partial charge is 0.224 e. The number of hydrogen-bond acceptors (Lipinski definition) is 2. The van der Waals surface area contributed by atoms with Crippen molar-refractivity contribution in [2.45, 2.75) is 44.1 Å². The number of fused-ring (bicyclic) bond motifs is 2. The highest BCUT2D eigenvalue weighted by Gasteiger charge is 2.43. The van der Waals surface area contributed by atoms with Crippen LogP contribution < -0.4 is 5.32 Å². The minimum absolute atomic E-state index is 0.0927. The molecule has 17 heavy (non-hydrogen) atoms. The van der Waals surface area contributed by atoms with Crippen molar-refractivity contribution in [2.75, 3.05) is 6.61 Å². The van der Waals surface area contributed by atoms with E-state index in [1.54, 1.807) is 0 Å². The topological polar surface area (TPSA) is 49.3 Å². The van der Waals surface area contributed by atoms with Crippen molar-refractivity contribution in [3.8, 4) is 0 Å². The second-order valence-corrected chi connectivity index (χ2v) is 6.02. The average molecular weight is 235 g/mol. The summed E-state index contributed by atoms with van der Waals surface area (Å²) in [6, 6.07) is 0. The van der Waals surface area contributed by atoms with Gasteiger partial charge >= 0.3 is 0 Å². The molecule has 0 aliphatic heterocycles. The summed E-state index contributed by atoms with van der Waals surface area (Å²) in [7, 11) is 0. The van der Waals surface area contributed by atoms with Gasteiger partial charge in [-0.3, -0.25) is 4.79 Å². The van der Waals surface area contributed by atoms with Gasteiger partial charge in [0.2, 0.25) is 5.91 Å². The number of allylic oxidation sites excluding steroid dienone is 2. The fraction of sp³-hybridized carbons (Fsp3) is 0.786. The number of carbonyl (C=O) groups is 1. The van der Waals surface area contributed by atoms with Gasteiger partial charge in [-0.05, 0) is 37.5 Å². The van der Waals surface area contributed by atoms with Gasteiger partial charge in [0, 0.05) is 5.92 Å². The van der Waals surface area contributed by atoms with Crippen LogP contribution in [-0.4, -0.2) is 23.2 Å². The highest BCUT2D eigenvalue weighted by atomic mass is 16.3. The molecule has 0 spiro atoms. The first kappa shape index (κ1) is 11.3. The Balaban J connectivity index is 1.65. The minimum atomic E-state index is -0.303. The molecule has 94 valence electrons. The predicted molar refractivity (Wildman–Crippen MR) is 65.3 cm³/mol. The number of aliphatic hydroxyl groups is 1. The van der Waals surface area contributed by atoms with E-state index in [0.29, 0.717) is 11.8 Å². The molecule has 2 saturated carbocycles. The number of aliphatic hydroxyl groups excluding tert-OH is 1. The molecule has 2 N–H and O–H groups in total. The summed E-state index contributed by atoms with van der Waals surface area (Å²) in [4.78, 5) is 12.3. The summed E-state index contributed by atoms with van der Waals surface area (Å²) < 4.78 is 0. The highest BCUT2D eigenvalue weighted by Crippen LogP contribution is 2.44. The van der Waals surface area contributed by atoms with Crippen molar-refractivity contribution in [3.63, 3.8) is 0 Å². The van der Waals surface area contributed by atoms with Gasteiger partial charge in [-0.2, -0.15) is 0 Å². The van der Waals surface area contributed by atoms with Crippen molar-refractivity contribution < 1.29 is 9.90 Å². The number of hydrogen-bond donors (Lipinski definition) is 2. The van der Waals surface area contributed by atoms with Crippen LogP contribution >= 0.6 is 0 Å². The maximum Gasteiger partial charge on any atom is 0.224 e. The zero-order valence-electron chi connectivity index (χ0n) is 10.2. The van der Waals surface area contributed by atoms with Gasteiger partial charge in [0.1, 0.15) is 0 Å². The Bertz CT molecular complexity index is 344. The van der Waals surface area contributed by atoms with E-state index < -0.39 is 0 Å². The zero-order valence-corrected chi connectivity index (χ0v) is 10.2. The lowest BCUT2D eigenvalue weighted by atomic mass is 9.90. The number of carbonyl (C=O) groups excluding carboxylic acids is 1. The number of rotatable bonds is 3. The van der Waals surface area contributed by atoms with Gasteiger partial charge in [-0.25, -0.2) is 0 Å². The molecular weight excluding hydrogens is 214 g/mol. The van der Waals surface area contributed by atoms with Crippen molar-refractivity contribution >= 4 is 5.91 Å². The van der Waals surface area contributed by atoms with Crippen LogP contribution in [0.5, 0.6) is 0 Å². The largest absolute Gasteiger partial charge is 0.394 e. The molecule has 0 heterocycles. The lowest BCUT2D eigenvalue weighted by molar-refractivity contribution is -0.128. The molecule has 0 radical (unpaired) electrons. The van der Waals surface area contributed by atoms with E-state index in [4.69, 9.17) is 0 Å². The standard InChI is InChI=1S/C14H21NO2/c16-9-14(5-1-2-6-14)15-13(17)12-8-10-3-4-11(12)7-10/h3-4,10-12,16H,1-2,5-9H2,(H,15,17). The fourth-order valence-corrected chi connectivity index (χ4v) is 3.81. The first-order valence-electron chi connectivity index (χ1n) is 6.84. The molecule has 1 amide bonds. The Morgan fingerprint density at radius 2 is 2.06 bits per heavy atom. The second-order valence-electron chi connectivity index (χ2n) is 6.02. The molecule has 2 fully saturated rings. The first-order chi connectivity index (χ1) is 8.22. The van der Waals surface area contributed by atoms with E-state index in [9.17, 15) is 9.90 Å². The molecule has 0 aromatic heterocycles. The van der Waals surface area contributed by atoms with E-state index >= 15 is 0 Å². The summed E-state index contributed by atoms with van der Waals surface area (Å²) in [5.41, 5.74) is -0.303. The van der Waals surface area contributed by atoms with Gasteiger partial charge in [0.25, 0.3) is 0 Å². The molecule has 3 aliphatic rings. The summed E-state index contributed by atoms with van der Waals surface area (Å²) in [6.07, 6.45) is 10.7. The minimum Gasteiger partial charge on any atom is -0.394 e. The predicted octanol–water partition coefficient (Wildman–Crippen LogP) is 1.62. The van der Waals surface area contributed by atoms with Gasteiger partial charge < -0.3 is 10.4 Å². The molecule has 2 bridgehead atoms. The van der Waals surface area contributed by atoms with Crippen LogP contribution in [0.25, 0.3) is 0 Å². The average Bonchev–Trinajstić information content (AvgIpc) is 3.04. The van der Waals surface area contributed by atoms with Crippen molar-refractivity contribution in [3.05, 3.63) is 12.2 Å². The molecule has 0 saturated heterocycles. The molecule has 3 rings (SSSR count). The Hall–Kier alpha value is -0.830. The van der Waals surface area contributed by atoms with E-state index in [-0.39, 0.29) is 24.0 Å². The van der Waals surface area contributed by atoms with Crippen molar-refractivity contribution in [2.24, 2.45) is 17.8 Å². The maximum atomic E-state index is 12.3. The van der Waals surface area contributed by atoms with E-state index in [1.165, 1.54) is 0 Å². The summed E-state index contributed by atoms with van der Waals surface area (Å²) in [6.45, 7) is 0.0927.